The molecule has 8 nitrogen and oxygen atoms in total. The number of hydrogen-bond acceptors (Lipinski definition) is 6. The van der Waals surface area contributed by atoms with Gasteiger partial charge >= 0.3 is 5.97 Å². The van der Waals surface area contributed by atoms with Gasteiger partial charge in [-0.1, -0.05) is 92.4 Å². The zero-order valence-corrected chi connectivity index (χ0v) is 27.2. The zero-order chi connectivity index (χ0) is 30.5. The van der Waals surface area contributed by atoms with Gasteiger partial charge in [-0.3, -0.25) is 14.4 Å². The number of hydrogen-bond donors (Lipinski definition) is 2. The van der Waals surface area contributed by atoms with Gasteiger partial charge < -0.3 is 24.8 Å². The van der Waals surface area contributed by atoms with Crippen LogP contribution < -0.4 is 10.6 Å². The number of amides is 2. The van der Waals surface area contributed by atoms with Crippen LogP contribution in [0.4, 0.5) is 0 Å². The minimum atomic E-state index is -0.960. The Balaban J connectivity index is 1.86. The summed E-state index contributed by atoms with van der Waals surface area (Å²) in [4.78, 5) is 39.3. The van der Waals surface area contributed by atoms with Crippen molar-refractivity contribution in [3.63, 3.8) is 0 Å². The van der Waals surface area contributed by atoms with Gasteiger partial charge in [-0.25, -0.2) is 0 Å². The second-order valence-electron chi connectivity index (χ2n) is 13.8. The fraction of sp³-hybridized carbons (Fsp3) is 0.909. The lowest BCUT2D eigenvalue weighted by molar-refractivity contribution is -0.304. The van der Waals surface area contributed by atoms with E-state index in [4.69, 9.17) is 14.2 Å². The van der Waals surface area contributed by atoms with Gasteiger partial charge in [0, 0.05) is 30.7 Å². The van der Waals surface area contributed by atoms with E-state index in [0.29, 0.717) is 19.4 Å². The van der Waals surface area contributed by atoms with Gasteiger partial charge in [0.2, 0.25) is 11.8 Å². The SMILES string of the molecule is CCCCCCCCCCC(C(=O)NC1(OC(=O)CCNC(=O)C2OC(C)(C)OCC2(C)C)CCCCC1)C(C)C. The molecule has 1 saturated heterocycles. The Hall–Kier alpha value is -1.67. The lowest BCUT2D eigenvalue weighted by Gasteiger charge is -2.44. The Morgan fingerprint density at radius 2 is 1.51 bits per heavy atom. The molecule has 2 rings (SSSR count). The first-order chi connectivity index (χ1) is 19.3. The molecule has 2 fully saturated rings. The van der Waals surface area contributed by atoms with Crippen molar-refractivity contribution in [1.82, 2.24) is 10.6 Å². The predicted molar refractivity (Wildman–Crippen MR) is 162 cm³/mol. The molecule has 8 heteroatoms. The topological polar surface area (TPSA) is 103 Å². The van der Waals surface area contributed by atoms with E-state index in [9.17, 15) is 14.4 Å². The number of nitrogens with one attached hydrogen (secondary N) is 2. The van der Waals surface area contributed by atoms with Gasteiger partial charge in [-0.2, -0.15) is 0 Å². The molecule has 2 unspecified atom stereocenters. The van der Waals surface area contributed by atoms with Crippen LogP contribution in [-0.2, 0) is 28.6 Å². The molecule has 0 spiro atoms. The maximum Gasteiger partial charge on any atom is 0.309 e. The third-order valence-electron chi connectivity index (χ3n) is 8.60. The average molecular weight is 581 g/mol. The summed E-state index contributed by atoms with van der Waals surface area (Å²) in [7, 11) is 0. The summed E-state index contributed by atoms with van der Waals surface area (Å²) in [5.41, 5.74) is -1.45. The maximum absolute atomic E-state index is 13.5. The molecular weight excluding hydrogens is 520 g/mol. The summed E-state index contributed by atoms with van der Waals surface area (Å²) >= 11 is 0. The highest BCUT2D eigenvalue weighted by molar-refractivity contribution is 5.82. The smallest absolute Gasteiger partial charge is 0.309 e. The zero-order valence-electron chi connectivity index (χ0n) is 27.2. The summed E-state index contributed by atoms with van der Waals surface area (Å²) in [6, 6.07) is 0. The summed E-state index contributed by atoms with van der Waals surface area (Å²) in [5, 5.41) is 6.03. The lowest BCUT2D eigenvalue weighted by Crippen LogP contribution is -2.57. The van der Waals surface area contributed by atoms with Gasteiger partial charge in [0.05, 0.1) is 13.0 Å². The molecule has 0 radical (unpaired) electrons. The quantitative estimate of drug-likeness (QED) is 0.112. The Morgan fingerprint density at radius 1 is 0.902 bits per heavy atom. The van der Waals surface area contributed by atoms with E-state index in [1.54, 1.807) is 13.8 Å². The molecule has 0 bridgehead atoms. The van der Waals surface area contributed by atoms with E-state index in [1.807, 2.05) is 13.8 Å². The Labute approximate surface area is 249 Å². The van der Waals surface area contributed by atoms with Crippen LogP contribution in [0.1, 0.15) is 145 Å². The Bertz CT molecular complexity index is 819. The number of carbonyl (C=O) groups excluding carboxylic acids is 3. The second kappa shape index (κ2) is 16.8. The highest BCUT2D eigenvalue weighted by Crippen LogP contribution is 2.35. The molecule has 2 amide bonds. The molecule has 238 valence electrons. The average Bonchev–Trinajstić information content (AvgIpc) is 2.89. The third-order valence-corrected chi connectivity index (χ3v) is 8.60. The van der Waals surface area contributed by atoms with Crippen molar-refractivity contribution < 1.29 is 28.6 Å². The molecule has 1 aliphatic heterocycles. The van der Waals surface area contributed by atoms with E-state index < -0.39 is 29.0 Å². The number of ether oxygens (including phenoxy) is 3. The summed E-state index contributed by atoms with van der Waals surface area (Å²) < 4.78 is 17.6. The fourth-order valence-electron chi connectivity index (χ4n) is 5.93. The molecule has 2 aliphatic rings. The minimum absolute atomic E-state index is 0.00698. The van der Waals surface area contributed by atoms with Crippen LogP contribution in [0.15, 0.2) is 0 Å². The van der Waals surface area contributed by atoms with Gasteiger partial charge in [0.15, 0.2) is 11.5 Å². The van der Waals surface area contributed by atoms with E-state index in [0.717, 1.165) is 38.5 Å². The van der Waals surface area contributed by atoms with Crippen molar-refractivity contribution in [3.8, 4) is 0 Å². The van der Waals surface area contributed by atoms with Crippen molar-refractivity contribution in [1.29, 1.82) is 0 Å². The monoisotopic (exact) mass is 580 g/mol. The van der Waals surface area contributed by atoms with Gasteiger partial charge in [-0.15, -0.1) is 0 Å². The number of unbranched alkanes of at least 4 members (excludes halogenated alkanes) is 7. The van der Waals surface area contributed by atoms with Crippen molar-refractivity contribution in [2.75, 3.05) is 13.2 Å². The first-order valence-electron chi connectivity index (χ1n) is 16.4. The maximum atomic E-state index is 13.5. The summed E-state index contributed by atoms with van der Waals surface area (Å²) in [6.45, 7) is 14.4. The van der Waals surface area contributed by atoms with Crippen LogP contribution in [0, 0.1) is 17.3 Å². The van der Waals surface area contributed by atoms with E-state index >= 15 is 0 Å². The first-order valence-corrected chi connectivity index (χ1v) is 16.4. The summed E-state index contributed by atoms with van der Waals surface area (Å²) in [6.07, 6.45) is 14.2. The van der Waals surface area contributed by atoms with Crippen LogP contribution in [0.5, 0.6) is 0 Å². The highest BCUT2D eigenvalue weighted by atomic mass is 16.7. The van der Waals surface area contributed by atoms with Gasteiger partial charge in [0.25, 0.3) is 0 Å². The van der Waals surface area contributed by atoms with E-state index in [2.05, 4.69) is 31.4 Å². The third kappa shape index (κ3) is 12.2. The lowest BCUT2D eigenvalue weighted by atomic mass is 9.85. The van der Waals surface area contributed by atoms with Crippen LogP contribution in [0.25, 0.3) is 0 Å². The molecular formula is C33H60N2O6. The van der Waals surface area contributed by atoms with E-state index in [-0.39, 0.29) is 36.6 Å². The fourth-order valence-corrected chi connectivity index (χ4v) is 5.93. The van der Waals surface area contributed by atoms with Crippen LogP contribution in [0.3, 0.4) is 0 Å². The van der Waals surface area contributed by atoms with Crippen molar-refractivity contribution >= 4 is 17.8 Å². The second-order valence-corrected chi connectivity index (χ2v) is 13.8. The van der Waals surface area contributed by atoms with Gasteiger partial charge in [-0.05, 0) is 39.0 Å². The largest absolute Gasteiger partial charge is 0.439 e. The molecule has 0 aromatic rings. The van der Waals surface area contributed by atoms with Crippen LogP contribution in [-0.4, -0.2) is 48.6 Å². The highest BCUT2D eigenvalue weighted by Gasteiger charge is 2.46. The molecule has 0 aromatic carbocycles. The molecule has 41 heavy (non-hydrogen) atoms. The normalized spacial score (nSPS) is 22.1. The molecule has 1 saturated carbocycles. The molecule has 0 aromatic heterocycles. The van der Waals surface area contributed by atoms with Crippen LogP contribution in [0.2, 0.25) is 0 Å². The Kier molecular flexibility index (Phi) is 14.6. The Morgan fingerprint density at radius 3 is 2.12 bits per heavy atom. The van der Waals surface area contributed by atoms with Gasteiger partial charge in [0.1, 0.15) is 6.10 Å². The summed E-state index contributed by atoms with van der Waals surface area (Å²) in [5.74, 6) is -1.41. The van der Waals surface area contributed by atoms with Crippen molar-refractivity contribution in [2.45, 2.75) is 162 Å². The first kappa shape index (κ1) is 35.5. The predicted octanol–water partition coefficient (Wildman–Crippen LogP) is 6.79. The standard InChI is InChI=1S/C33H60N2O6/c1-8-9-10-11-12-13-14-16-19-26(25(2)3)29(37)35-33(21-17-15-18-22-33)40-27(36)20-23-34-30(38)28-31(4,5)24-39-32(6,7)41-28/h25-26,28H,8-24H2,1-7H3,(H,34,38)(H,35,37). The molecule has 1 aliphatic carbocycles. The van der Waals surface area contributed by atoms with Crippen molar-refractivity contribution in [3.05, 3.63) is 0 Å². The number of carbonyl (C=O) groups is 3. The number of esters is 1. The van der Waals surface area contributed by atoms with E-state index in [1.165, 1.54) is 38.5 Å². The number of rotatable bonds is 17. The van der Waals surface area contributed by atoms with Crippen molar-refractivity contribution in [2.24, 2.45) is 17.3 Å². The minimum Gasteiger partial charge on any atom is -0.439 e. The molecule has 2 N–H and O–H groups in total. The molecule has 2 atom stereocenters. The molecule has 1 heterocycles. The van der Waals surface area contributed by atoms with Crippen LogP contribution >= 0.6 is 0 Å².